The lowest BCUT2D eigenvalue weighted by Crippen LogP contribution is -2.19. The Morgan fingerprint density at radius 3 is 2.38 bits per heavy atom. The zero-order valence-electron chi connectivity index (χ0n) is 11.3. The van der Waals surface area contributed by atoms with Crippen molar-refractivity contribution >= 4 is 29.3 Å². The number of nitro groups is 1. The molecule has 0 N–H and O–H groups in total. The molecule has 0 aliphatic heterocycles. The normalized spacial score (nSPS) is 10.3. The number of non-ortho nitro benzene ring substituents is 1. The molecule has 0 saturated carbocycles. The van der Waals surface area contributed by atoms with E-state index in [-0.39, 0.29) is 12.3 Å². The van der Waals surface area contributed by atoms with Gasteiger partial charge in [-0.3, -0.25) is 19.7 Å². The van der Waals surface area contributed by atoms with E-state index in [9.17, 15) is 24.5 Å². The summed E-state index contributed by atoms with van der Waals surface area (Å²) in [6.45, 7) is 1.62. The highest BCUT2D eigenvalue weighted by atomic mass is 16.6. The highest BCUT2D eigenvalue weighted by Gasteiger charge is 2.17. The minimum absolute atomic E-state index is 0.0593. The summed E-state index contributed by atoms with van der Waals surface area (Å²) in [5, 5.41) is 10.5. The molecule has 1 aromatic carbocycles. The number of carbonyl (C=O) groups excluding carboxylic acids is 3. The third kappa shape index (κ3) is 5.35. The number of nitrogens with zero attached hydrogens (tertiary/aromatic N) is 1. The molecular formula is C14H13NO6. The first-order valence-corrected chi connectivity index (χ1v) is 6.09. The van der Waals surface area contributed by atoms with Crippen LogP contribution in [0.5, 0.6) is 0 Å². The number of rotatable bonds is 7. The maximum absolute atomic E-state index is 11.5. The van der Waals surface area contributed by atoms with Gasteiger partial charge in [-0.15, -0.1) is 0 Å². The maximum Gasteiger partial charge on any atom is 0.375 e. The first kappa shape index (κ1) is 16.2. The van der Waals surface area contributed by atoms with Gasteiger partial charge < -0.3 is 4.74 Å². The summed E-state index contributed by atoms with van der Waals surface area (Å²) < 4.78 is 4.47. The van der Waals surface area contributed by atoms with E-state index in [2.05, 4.69) is 4.74 Å². The number of Topliss-reactive ketones (excluding diaryl/α,β-unsaturated/α-hetero) is 1. The Kier molecular flexibility index (Phi) is 5.94. The van der Waals surface area contributed by atoms with Crippen molar-refractivity contribution in [3.63, 3.8) is 0 Å². The zero-order chi connectivity index (χ0) is 15.8. The molecule has 110 valence electrons. The smallest absolute Gasteiger partial charge is 0.375 e. The van der Waals surface area contributed by atoms with Crippen molar-refractivity contribution < 1.29 is 24.0 Å². The number of ketones is 2. The fourth-order valence-corrected chi connectivity index (χ4v) is 1.40. The summed E-state index contributed by atoms with van der Waals surface area (Å²) in [5.74, 6) is -2.49. The van der Waals surface area contributed by atoms with E-state index in [0.717, 1.165) is 6.08 Å². The number of hydrogen-bond donors (Lipinski definition) is 0. The average Bonchev–Trinajstić information content (AvgIpc) is 2.45. The van der Waals surface area contributed by atoms with Gasteiger partial charge in [0.15, 0.2) is 5.78 Å². The van der Waals surface area contributed by atoms with Gasteiger partial charge >= 0.3 is 5.97 Å². The van der Waals surface area contributed by atoms with E-state index >= 15 is 0 Å². The first-order chi connectivity index (χ1) is 9.93. The molecule has 0 atom stereocenters. The van der Waals surface area contributed by atoms with Gasteiger partial charge in [0, 0.05) is 12.1 Å². The highest BCUT2D eigenvalue weighted by Crippen LogP contribution is 2.12. The summed E-state index contributed by atoms with van der Waals surface area (Å²) in [5.41, 5.74) is 0.508. The number of benzene rings is 1. The second-order valence-electron chi connectivity index (χ2n) is 3.97. The summed E-state index contributed by atoms with van der Waals surface area (Å²) in [6.07, 6.45) is 1.98. The fourth-order valence-electron chi connectivity index (χ4n) is 1.40. The monoisotopic (exact) mass is 291 g/mol. The molecule has 21 heavy (non-hydrogen) atoms. The van der Waals surface area contributed by atoms with Crippen molar-refractivity contribution in [1.29, 1.82) is 0 Å². The number of carbonyl (C=O) groups is 3. The van der Waals surface area contributed by atoms with Crippen LogP contribution in [-0.4, -0.2) is 29.1 Å². The Hall–Kier alpha value is -2.83. The highest BCUT2D eigenvalue weighted by molar-refractivity contribution is 6.37. The van der Waals surface area contributed by atoms with Crippen LogP contribution in [0.2, 0.25) is 0 Å². The van der Waals surface area contributed by atoms with Crippen molar-refractivity contribution in [3.8, 4) is 0 Å². The summed E-state index contributed by atoms with van der Waals surface area (Å²) in [4.78, 5) is 43.7. The number of allylic oxidation sites excluding steroid dienone is 1. The van der Waals surface area contributed by atoms with Crippen LogP contribution in [-0.2, 0) is 19.1 Å². The largest absolute Gasteiger partial charge is 0.460 e. The standard InChI is InChI=1S/C14H13NO6/c1-2-21-14(18)13(17)9-12(16)8-5-10-3-6-11(7-4-10)15(19)20/h3-8H,2,9H2,1H3/b8-5+. The number of esters is 1. The third-order valence-electron chi connectivity index (χ3n) is 2.40. The number of nitro benzene ring substituents is 1. The topological polar surface area (TPSA) is 104 Å². The molecule has 7 nitrogen and oxygen atoms in total. The molecule has 0 heterocycles. The van der Waals surface area contributed by atoms with Gasteiger partial charge in [0.05, 0.1) is 18.0 Å². The van der Waals surface area contributed by atoms with Crippen LogP contribution in [0.4, 0.5) is 5.69 Å². The molecule has 0 bridgehead atoms. The fraction of sp³-hybridized carbons (Fsp3) is 0.214. The molecule has 0 unspecified atom stereocenters. The Morgan fingerprint density at radius 1 is 1.24 bits per heavy atom. The quantitative estimate of drug-likeness (QED) is 0.189. The van der Waals surface area contributed by atoms with Crippen molar-refractivity contribution in [2.45, 2.75) is 13.3 Å². The van der Waals surface area contributed by atoms with Gasteiger partial charge in [-0.1, -0.05) is 6.08 Å². The summed E-state index contributed by atoms with van der Waals surface area (Å²) in [7, 11) is 0. The lowest BCUT2D eigenvalue weighted by atomic mass is 10.1. The van der Waals surface area contributed by atoms with Gasteiger partial charge in [0.2, 0.25) is 5.78 Å². The molecule has 0 spiro atoms. The van der Waals surface area contributed by atoms with E-state index in [1.807, 2.05) is 0 Å². The van der Waals surface area contributed by atoms with Crippen molar-refractivity contribution in [1.82, 2.24) is 0 Å². The van der Waals surface area contributed by atoms with Crippen LogP contribution >= 0.6 is 0 Å². The van der Waals surface area contributed by atoms with Crippen LogP contribution in [0, 0.1) is 10.1 Å². The Labute approximate surface area is 120 Å². The van der Waals surface area contributed by atoms with Crippen LogP contribution < -0.4 is 0 Å². The molecule has 7 heteroatoms. The van der Waals surface area contributed by atoms with Crippen LogP contribution in [0.15, 0.2) is 30.3 Å². The molecule has 1 rings (SSSR count). The zero-order valence-corrected chi connectivity index (χ0v) is 11.3. The molecular weight excluding hydrogens is 278 g/mol. The predicted molar refractivity (Wildman–Crippen MR) is 73.4 cm³/mol. The van der Waals surface area contributed by atoms with Gasteiger partial charge in [-0.25, -0.2) is 4.79 Å². The van der Waals surface area contributed by atoms with Crippen LogP contribution in [0.25, 0.3) is 6.08 Å². The molecule has 0 aliphatic rings. The number of ether oxygens (including phenoxy) is 1. The SMILES string of the molecule is CCOC(=O)C(=O)CC(=O)/C=C/c1ccc([N+](=O)[O-])cc1. The Balaban J connectivity index is 2.59. The second kappa shape index (κ2) is 7.68. The lowest BCUT2D eigenvalue weighted by molar-refractivity contribution is -0.384. The first-order valence-electron chi connectivity index (χ1n) is 6.09. The van der Waals surface area contributed by atoms with E-state index in [1.54, 1.807) is 6.92 Å². The van der Waals surface area contributed by atoms with Gasteiger partial charge in [0.25, 0.3) is 5.69 Å². The minimum Gasteiger partial charge on any atom is -0.460 e. The van der Waals surface area contributed by atoms with Crippen molar-refractivity contribution in [2.24, 2.45) is 0 Å². The molecule has 0 radical (unpaired) electrons. The average molecular weight is 291 g/mol. The van der Waals surface area contributed by atoms with Crippen LogP contribution in [0.3, 0.4) is 0 Å². The predicted octanol–water partition coefficient (Wildman–Crippen LogP) is 1.70. The number of hydrogen-bond acceptors (Lipinski definition) is 6. The minimum atomic E-state index is -1.03. The molecule has 0 saturated heterocycles. The van der Waals surface area contributed by atoms with Gasteiger partial charge in [-0.2, -0.15) is 0 Å². The van der Waals surface area contributed by atoms with E-state index in [0.29, 0.717) is 5.56 Å². The van der Waals surface area contributed by atoms with E-state index in [1.165, 1.54) is 30.3 Å². The molecule has 0 aromatic heterocycles. The van der Waals surface area contributed by atoms with Crippen LogP contribution in [0.1, 0.15) is 18.9 Å². The Morgan fingerprint density at radius 2 is 1.86 bits per heavy atom. The van der Waals surface area contributed by atoms with Crippen molar-refractivity contribution in [3.05, 3.63) is 46.0 Å². The lowest BCUT2D eigenvalue weighted by Gasteiger charge is -1.98. The van der Waals surface area contributed by atoms with E-state index in [4.69, 9.17) is 0 Å². The second-order valence-corrected chi connectivity index (χ2v) is 3.97. The molecule has 1 aromatic rings. The third-order valence-corrected chi connectivity index (χ3v) is 2.40. The van der Waals surface area contributed by atoms with Crippen molar-refractivity contribution in [2.75, 3.05) is 6.61 Å². The molecule has 0 fully saturated rings. The van der Waals surface area contributed by atoms with E-state index < -0.39 is 28.9 Å². The van der Waals surface area contributed by atoms with Gasteiger partial charge in [-0.05, 0) is 30.7 Å². The molecule has 0 aliphatic carbocycles. The molecule has 0 amide bonds. The van der Waals surface area contributed by atoms with Gasteiger partial charge in [0.1, 0.15) is 0 Å². The Bertz CT molecular complexity index is 588. The summed E-state index contributed by atoms with van der Waals surface area (Å²) >= 11 is 0. The summed E-state index contributed by atoms with van der Waals surface area (Å²) in [6, 6.07) is 5.53. The maximum atomic E-state index is 11.5.